The van der Waals surface area contributed by atoms with Crippen molar-refractivity contribution in [3.05, 3.63) is 107 Å². The first-order valence-electron chi connectivity index (χ1n) is 9.12. The molecule has 0 fully saturated rings. The van der Waals surface area contributed by atoms with Crippen LogP contribution in [0.3, 0.4) is 0 Å². The Morgan fingerprint density at radius 1 is 0.931 bits per heavy atom. The van der Waals surface area contributed by atoms with Crippen LogP contribution >= 0.6 is 0 Å². The molecule has 29 heavy (non-hydrogen) atoms. The highest BCUT2D eigenvalue weighted by molar-refractivity contribution is 5.96. The fourth-order valence-corrected chi connectivity index (χ4v) is 3.03. The number of nitrogens with one attached hydrogen (secondary N) is 1. The summed E-state index contributed by atoms with van der Waals surface area (Å²) < 4.78 is 19.3. The third kappa shape index (κ3) is 4.06. The van der Waals surface area contributed by atoms with Crippen molar-refractivity contribution in [2.24, 2.45) is 0 Å². The third-order valence-corrected chi connectivity index (χ3v) is 4.58. The second-order valence-corrected chi connectivity index (χ2v) is 6.58. The number of rotatable bonds is 5. The molecule has 5 nitrogen and oxygen atoms in total. The van der Waals surface area contributed by atoms with Crippen LogP contribution in [0.4, 0.5) is 4.39 Å². The molecule has 4 aromatic rings. The number of halogens is 1. The molecule has 0 saturated carbocycles. The molecule has 1 heterocycles. The number of amides is 1. The maximum atomic E-state index is 13.4. The number of hydrogen-bond acceptors (Lipinski definition) is 4. The van der Waals surface area contributed by atoms with Crippen LogP contribution in [-0.2, 0) is 0 Å². The van der Waals surface area contributed by atoms with Crippen LogP contribution in [0.5, 0.6) is 0 Å². The summed E-state index contributed by atoms with van der Waals surface area (Å²) in [7, 11) is 0. The first kappa shape index (κ1) is 18.6. The molecule has 0 bridgehead atoms. The highest BCUT2D eigenvalue weighted by Gasteiger charge is 2.24. The van der Waals surface area contributed by atoms with E-state index in [9.17, 15) is 9.18 Å². The Hall–Kier alpha value is -3.80. The molecule has 0 radical (unpaired) electrons. The van der Waals surface area contributed by atoms with E-state index in [4.69, 9.17) is 4.42 Å². The summed E-state index contributed by atoms with van der Waals surface area (Å²) in [6.45, 7) is 1.86. The first-order valence-corrected chi connectivity index (χ1v) is 9.12. The molecule has 3 aromatic carbocycles. The van der Waals surface area contributed by atoms with E-state index in [-0.39, 0.29) is 17.6 Å². The molecule has 1 unspecified atom stereocenters. The fourth-order valence-electron chi connectivity index (χ4n) is 3.03. The SMILES string of the molecule is Cc1ccccc1C(=O)NC(c1ccc(F)cc1)c1nnc(-c2ccccc2)o1. The second kappa shape index (κ2) is 8.06. The van der Waals surface area contributed by atoms with E-state index in [0.717, 1.165) is 11.1 Å². The van der Waals surface area contributed by atoms with Crippen LogP contribution in [0, 0.1) is 12.7 Å². The van der Waals surface area contributed by atoms with Gasteiger partial charge in [-0.05, 0) is 48.4 Å². The topological polar surface area (TPSA) is 68.0 Å². The maximum absolute atomic E-state index is 13.4. The van der Waals surface area contributed by atoms with Crippen molar-refractivity contribution >= 4 is 5.91 Å². The number of aromatic nitrogens is 2. The smallest absolute Gasteiger partial charge is 0.252 e. The van der Waals surface area contributed by atoms with E-state index < -0.39 is 6.04 Å². The van der Waals surface area contributed by atoms with Gasteiger partial charge in [0, 0.05) is 11.1 Å². The minimum absolute atomic E-state index is 0.220. The van der Waals surface area contributed by atoms with Gasteiger partial charge in [-0.3, -0.25) is 4.79 Å². The summed E-state index contributed by atoms with van der Waals surface area (Å²) in [5.74, 6) is -0.0830. The van der Waals surface area contributed by atoms with Crippen LogP contribution in [0.1, 0.15) is 33.4 Å². The molecule has 6 heteroatoms. The number of hydrogen-bond donors (Lipinski definition) is 1. The van der Waals surface area contributed by atoms with Crippen molar-refractivity contribution < 1.29 is 13.6 Å². The van der Waals surface area contributed by atoms with Gasteiger partial charge in [-0.25, -0.2) is 4.39 Å². The van der Waals surface area contributed by atoms with Gasteiger partial charge in [0.25, 0.3) is 5.91 Å². The molecule has 144 valence electrons. The lowest BCUT2D eigenvalue weighted by atomic mass is 10.0. The minimum Gasteiger partial charge on any atom is -0.418 e. The molecule has 0 spiro atoms. The van der Waals surface area contributed by atoms with Crippen molar-refractivity contribution in [3.8, 4) is 11.5 Å². The van der Waals surface area contributed by atoms with Crippen molar-refractivity contribution in [2.45, 2.75) is 13.0 Å². The van der Waals surface area contributed by atoms with E-state index in [1.54, 1.807) is 24.3 Å². The molecule has 0 saturated heterocycles. The summed E-state index contributed by atoms with van der Waals surface area (Å²) in [5.41, 5.74) is 2.80. The zero-order chi connectivity index (χ0) is 20.2. The minimum atomic E-state index is -0.715. The highest BCUT2D eigenvalue weighted by atomic mass is 19.1. The Morgan fingerprint density at radius 3 is 2.34 bits per heavy atom. The molecule has 1 aromatic heterocycles. The van der Waals surface area contributed by atoms with Crippen LogP contribution in [0.15, 0.2) is 83.3 Å². The van der Waals surface area contributed by atoms with Gasteiger partial charge in [-0.2, -0.15) is 0 Å². The Morgan fingerprint density at radius 2 is 1.62 bits per heavy atom. The predicted octanol–water partition coefficient (Wildman–Crippen LogP) is 4.70. The van der Waals surface area contributed by atoms with Crippen molar-refractivity contribution in [2.75, 3.05) is 0 Å². The van der Waals surface area contributed by atoms with Crippen LogP contribution < -0.4 is 5.32 Å². The number of carbonyl (C=O) groups excluding carboxylic acids is 1. The summed E-state index contributed by atoms with van der Waals surface area (Å²) in [4.78, 5) is 12.9. The van der Waals surface area contributed by atoms with Gasteiger partial charge in [-0.1, -0.05) is 48.5 Å². The zero-order valence-electron chi connectivity index (χ0n) is 15.7. The zero-order valence-corrected chi connectivity index (χ0v) is 15.7. The molecule has 0 aliphatic heterocycles. The van der Waals surface area contributed by atoms with Gasteiger partial charge < -0.3 is 9.73 Å². The van der Waals surface area contributed by atoms with Gasteiger partial charge in [-0.15, -0.1) is 10.2 Å². The molecule has 1 atom stereocenters. The third-order valence-electron chi connectivity index (χ3n) is 4.58. The number of benzene rings is 3. The van der Waals surface area contributed by atoms with Gasteiger partial charge in [0.05, 0.1) is 0 Å². The summed E-state index contributed by atoms with van der Waals surface area (Å²) in [6.07, 6.45) is 0. The van der Waals surface area contributed by atoms with Crippen molar-refractivity contribution in [3.63, 3.8) is 0 Å². The molecule has 0 aliphatic carbocycles. The average Bonchev–Trinajstić information content (AvgIpc) is 3.23. The lowest BCUT2D eigenvalue weighted by molar-refractivity contribution is 0.0937. The average molecular weight is 387 g/mol. The van der Waals surface area contributed by atoms with Crippen LogP contribution in [-0.4, -0.2) is 16.1 Å². The second-order valence-electron chi connectivity index (χ2n) is 6.58. The maximum Gasteiger partial charge on any atom is 0.252 e. The van der Waals surface area contributed by atoms with Gasteiger partial charge in [0.1, 0.15) is 11.9 Å². The van der Waals surface area contributed by atoms with E-state index >= 15 is 0 Å². The molecular weight excluding hydrogens is 369 g/mol. The summed E-state index contributed by atoms with van der Waals surface area (Å²) in [6, 6.07) is 21.7. The van der Waals surface area contributed by atoms with Gasteiger partial charge >= 0.3 is 0 Å². The Kier molecular flexibility index (Phi) is 5.16. The van der Waals surface area contributed by atoms with E-state index in [2.05, 4.69) is 15.5 Å². The number of carbonyl (C=O) groups is 1. The van der Waals surface area contributed by atoms with Gasteiger partial charge in [0.15, 0.2) is 0 Å². The molecular formula is C23H18FN3O2. The molecule has 4 rings (SSSR count). The van der Waals surface area contributed by atoms with Crippen molar-refractivity contribution in [1.29, 1.82) is 0 Å². The van der Waals surface area contributed by atoms with E-state index in [0.29, 0.717) is 17.0 Å². The fraction of sp³-hybridized carbons (Fsp3) is 0.0870. The standard InChI is InChI=1S/C23H18FN3O2/c1-15-7-5-6-10-19(15)21(28)25-20(16-11-13-18(24)14-12-16)23-27-26-22(29-23)17-8-3-2-4-9-17/h2-14,20H,1H3,(H,25,28). The molecule has 1 amide bonds. The normalized spacial score (nSPS) is 11.8. The quantitative estimate of drug-likeness (QED) is 0.539. The largest absolute Gasteiger partial charge is 0.418 e. The Balaban J connectivity index is 1.70. The van der Waals surface area contributed by atoms with Crippen molar-refractivity contribution in [1.82, 2.24) is 15.5 Å². The first-order chi connectivity index (χ1) is 14.1. The van der Waals surface area contributed by atoms with E-state index in [1.807, 2.05) is 49.4 Å². The molecule has 0 aliphatic rings. The number of nitrogens with zero attached hydrogens (tertiary/aromatic N) is 2. The monoisotopic (exact) mass is 387 g/mol. The predicted molar refractivity (Wildman–Crippen MR) is 107 cm³/mol. The lowest BCUT2D eigenvalue weighted by Gasteiger charge is -2.16. The highest BCUT2D eigenvalue weighted by Crippen LogP contribution is 2.26. The van der Waals surface area contributed by atoms with E-state index in [1.165, 1.54) is 12.1 Å². The van der Waals surface area contributed by atoms with Crippen LogP contribution in [0.25, 0.3) is 11.5 Å². The van der Waals surface area contributed by atoms with Crippen LogP contribution in [0.2, 0.25) is 0 Å². The number of aryl methyl sites for hydroxylation is 1. The summed E-state index contributed by atoms with van der Waals surface area (Å²) >= 11 is 0. The lowest BCUT2D eigenvalue weighted by Crippen LogP contribution is -2.30. The Bertz CT molecular complexity index is 1120. The summed E-state index contributed by atoms with van der Waals surface area (Å²) in [5, 5.41) is 11.2. The Labute approximate surface area is 167 Å². The van der Waals surface area contributed by atoms with Gasteiger partial charge in [0.2, 0.25) is 11.8 Å². The molecule has 1 N–H and O–H groups in total.